The normalized spacial score (nSPS) is 14.6. The molecule has 2 N–H and O–H groups in total. The number of carbonyl (C=O) groups excluding carboxylic acids is 1. The number of hydrogen-bond acceptors (Lipinski definition) is 4. The third kappa shape index (κ3) is 5.71. The second-order valence-corrected chi connectivity index (χ2v) is 6.87. The first-order chi connectivity index (χ1) is 10.8. The number of ether oxygens (including phenoxy) is 1. The number of nitrogens with one attached hydrogen (secondary N) is 1. The molecule has 5 nitrogen and oxygen atoms in total. The second kappa shape index (κ2) is 7.17. The van der Waals surface area contributed by atoms with Crippen LogP contribution in [0.25, 0.3) is 0 Å². The lowest BCUT2D eigenvalue weighted by molar-refractivity contribution is 0.0236. The van der Waals surface area contributed by atoms with Crippen molar-refractivity contribution in [1.29, 1.82) is 0 Å². The molecular weight excluding hydrogens is 299 g/mol. The molecule has 1 aliphatic rings. The molecular formula is C17H25FN2O3. The molecule has 1 aliphatic carbocycles. The van der Waals surface area contributed by atoms with Gasteiger partial charge in [-0.1, -0.05) is 6.07 Å². The highest BCUT2D eigenvalue weighted by atomic mass is 19.1. The molecule has 1 aromatic carbocycles. The Morgan fingerprint density at radius 3 is 2.70 bits per heavy atom. The van der Waals surface area contributed by atoms with E-state index in [2.05, 4.69) is 5.32 Å². The van der Waals surface area contributed by atoms with E-state index in [0.29, 0.717) is 19.6 Å². The van der Waals surface area contributed by atoms with Gasteiger partial charge < -0.3 is 20.1 Å². The lowest BCUT2D eigenvalue weighted by Gasteiger charge is -2.27. The number of phenols is 1. The molecule has 128 valence electrons. The maximum Gasteiger partial charge on any atom is 0.410 e. The van der Waals surface area contributed by atoms with Gasteiger partial charge in [-0.15, -0.1) is 0 Å². The zero-order valence-electron chi connectivity index (χ0n) is 13.9. The average Bonchev–Trinajstić information content (AvgIpc) is 3.25. The molecule has 0 saturated heterocycles. The van der Waals surface area contributed by atoms with Crippen molar-refractivity contribution >= 4 is 6.09 Å². The van der Waals surface area contributed by atoms with Crippen molar-refractivity contribution in [2.45, 2.75) is 51.8 Å². The monoisotopic (exact) mass is 324 g/mol. The number of benzene rings is 1. The van der Waals surface area contributed by atoms with Crippen molar-refractivity contribution in [2.75, 3.05) is 13.1 Å². The Kier molecular flexibility index (Phi) is 5.46. The summed E-state index contributed by atoms with van der Waals surface area (Å²) in [6.07, 6.45) is 1.75. The zero-order chi connectivity index (χ0) is 17.0. The molecule has 0 heterocycles. The van der Waals surface area contributed by atoms with Crippen molar-refractivity contribution < 1.29 is 19.0 Å². The van der Waals surface area contributed by atoms with Gasteiger partial charge in [0.2, 0.25) is 0 Å². The van der Waals surface area contributed by atoms with Crippen molar-refractivity contribution in [2.24, 2.45) is 0 Å². The van der Waals surface area contributed by atoms with E-state index in [1.807, 2.05) is 20.8 Å². The molecule has 0 aromatic heterocycles. The summed E-state index contributed by atoms with van der Waals surface area (Å²) in [7, 11) is 0. The number of phenolic OH excluding ortho intramolecular Hbond substituents is 1. The van der Waals surface area contributed by atoms with Gasteiger partial charge in [0.25, 0.3) is 0 Å². The first-order valence-corrected chi connectivity index (χ1v) is 7.94. The molecule has 0 aliphatic heterocycles. The fourth-order valence-corrected chi connectivity index (χ4v) is 2.22. The van der Waals surface area contributed by atoms with Crippen LogP contribution in [-0.4, -0.2) is 40.8 Å². The van der Waals surface area contributed by atoms with E-state index >= 15 is 0 Å². The Bertz CT molecular complexity index is 553. The van der Waals surface area contributed by atoms with Crippen molar-refractivity contribution in [3.63, 3.8) is 0 Å². The maximum absolute atomic E-state index is 13.2. The van der Waals surface area contributed by atoms with Crippen LogP contribution in [0.2, 0.25) is 0 Å². The van der Waals surface area contributed by atoms with E-state index < -0.39 is 11.4 Å². The number of carbonyl (C=O) groups is 1. The summed E-state index contributed by atoms with van der Waals surface area (Å²) in [6, 6.07) is 4.58. The Morgan fingerprint density at radius 1 is 1.43 bits per heavy atom. The van der Waals surface area contributed by atoms with Crippen molar-refractivity contribution in [3.05, 3.63) is 29.6 Å². The summed E-state index contributed by atoms with van der Waals surface area (Å²) in [4.78, 5) is 13.9. The highest BCUT2D eigenvalue weighted by Crippen LogP contribution is 2.28. The van der Waals surface area contributed by atoms with Crippen LogP contribution >= 0.6 is 0 Å². The molecule has 1 amide bonds. The van der Waals surface area contributed by atoms with Gasteiger partial charge in [0, 0.05) is 25.7 Å². The predicted octanol–water partition coefficient (Wildman–Crippen LogP) is 3.02. The molecule has 1 aromatic rings. The number of halogens is 1. The van der Waals surface area contributed by atoms with Gasteiger partial charge in [0.1, 0.15) is 5.60 Å². The van der Waals surface area contributed by atoms with Crippen LogP contribution in [-0.2, 0) is 11.3 Å². The molecule has 0 spiro atoms. The highest BCUT2D eigenvalue weighted by Gasteiger charge is 2.34. The minimum Gasteiger partial charge on any atom is -0.505 e. The second-order valence-electron chi connectivity index (χ2n) is 6.87. The Balaban J connectivity index is 1.78. The van der Waals surface area contributed by atoms with Crippen LogP contribution in [0.3, 0.4) is 0 Å². The largest absolute Gasteiger partial charge is 0.505 e. The highest BCUT2D eigenvalue weighted by molar-refractivity contribution is 5.69. The first-order valence-electron chi connectivity index (χ1n) is 7.94. The average molecular weight is 324 g/mol. The number of aromatic hydroxyl groups is 1. The smallest absolute Gasteiger partial charge is 0.410 e. The van der Waals surface area contributed by atoms with E-state index in [4.69, 9.17) is 9.84 Å². The summed E-state index contributed by atoms with van der Waals surface area (Å²) >= 11 is 0. The van der Waals surface area contributed by atoms with E-state index in [1.54, 1.807) is 11.0 Å². The molecule has 0 radical (unpaired) electrons. The predicted molar refractivity (Wildman–Crippen MR) is 85.7 cm³/mol. The molecule has 1 saturated carbocycles. The third-order valence-electron chi connectivity index (χ3n) is 3.49. The molecule has 6 heteroatoms. The van der Waals surface area contributed by atoms with Crippen LogP contribution in [0, 0.1) is 5.82 Å². The Hall–Kier alpha value is -1.82. The van der Waals surface area contributed by atoms with Crippen LogP contribution in [0.5, 0.6) is 5.75 Å². The van der Waals surface area contributed by atoms with Gasteiger partial charge >= 0.3 is 6.09 Å². The zero-order valence-corrected chi connectivity index (χ0v) is 13.9. The van der Waals surface area contributed by atoms with E-state index in [1.165, 1.54) is 12.1 Å². The Morgan fingerprint density at radius 2 is 2.13 bits per heavy atom. The van der Waals surface area contributed by atoms with E-state index in [0.717, 1.165) is 18.4 Å². The molecule has 23 heavy (non-hydrogen) atoms. The van der Waals surface area contributed by atoms with Gasteiger partial charge in [0.15, 0.2) is 11.6 Å². The number of amides is 1. The lowest BCUT2D eigenvalue weighted by Crippen LogP contribution is -2.41. The van der Waals surface area contributed by atoms with Gasteiger partial charge in [-0.2, -0.15) is 0 Å². The molecule has 0 unspecified atom stereocenters. The van der Waals surface area contributed by atoms with Crippen LogP contribution in [0.4, 0.5) is 9.18 Å². The fourth-order valence-electron chi connectivity index (χ4n) is 2.22. The Labute approximate surface area is 136 Å². The van der Waals surface area contributed by atoms with Gasteiger partial charge in [0.05, 0.1) is 0 Å². The van der Waals surface area contributed by atoms with Crippen LogP contribution < -0.4 is 5.32 Å². The standard InChI is InChI=1S/C17H25FN2O3/c1-17(2,3)23-16(22)20(13-5-6-13)9-8-19-11-12-4-7-15(21)14(18)10-12/h4,7,10,13,19,21H,5-6,8-9,11H2,1-3H3. The topological polar surface area (TPSA) is 61.8 Å². The minimum atomic E-state index is -0.627. The third-order valence-corrected chi connectivity index (χ3v) is 3.49. The maximum atomic E-state index is 13.2. The van der Waals surface area contributed by atoms with Gasteiger partial charge in [-0.05, 0) is 51.3 Å². The summed E-state index contributed by atoms with van der Waals surface area (Å²) in [5.74, 6) is -0.976. The van der Waals surface area contributed by atoms with Crippen molar-refractivity contribution in [1.82, 2.24) is 10.2 Å². The molecule has 2 rings (SSSR count). The number of nitrogens with zero attached hydrogens (tertiary/aromatic N) is 1. The van der Waals surface area contributed by atoms with Crippen LogP contribution in [0.15, 0.2) is 18.2 Å². The fraction of sp³-hybridized carbons (Fsp3) is 0.588. The molecule has 0 atom stereocenters. The number of hydrogen-bond donors (Lipinski definition) is 2. The summed E-state index contributed by atoms with van der Waals surface area (Å²) in [5, 5.41) is 12.3. The first kappa shape index (κ1) is 17.5. The van der Waals surface area contributed by atoms with E-state index in [-0.39, 0.29) is 17.9 Å². The van der Waals surface area contributed by atoms with Gasteiger partial charge in [-0.25, -0.2) is 9.18 Å². The molecule has 0 bridgehead atoms. The lowest BCUT2D eigenvalue weighted by atomic mass is 10.2. The minimum absolute atomic E-state index is 0.276. The van der Waals surface area contributed by atoms with Gasteiger partial charge in [-0.3, -0.25) is 0 Å². The quantitative estimate of drug-likeness (QED) is 0.790. The summed E-state index contributed by atoms with van der Waals surface area (Å²) in [5.41, 5.74) is 0.247. The summed E-state index contributed by atoms with van der Waals surface area (Å²) in [6.45, 7) is 7.19. The SMILES string of the molecule is CC(C)(C)OC(=O)N(CCNCc1ccc(O)c(F)c1)C1CC1. The van der Waals surface area contributed by atoms with E-state index in [9.17, 15) is 9.18 Å². The molecule has 1 fully saturated rings. The summed E-state index contributed by atoms with van der Waals surface area (Å²) < 4.78 is 18.7. The van der Waals surface area contributed by atoms with Crippen LogP contribution in [0.1, 0.15) is 39.2 Å². The number of rotatable bonds is 6. The van der Waals surface area contributed by atoms with Crippen molar-refractivity contribution in [3.8, 4) is 5.75 Å².